The van der Waals surface area contributed by atoms with Crippen molar-refractivity contribution in [1.82, 2.24) is 10.2 Å². The smallest absolute Gasteiger partial charge is 0.0304 e. The van der Waals surface area contributed by atoms with Crippen LogP contribution in [0.25, 0.3) is 0 Å². The van der Waals surface area contributed by atoms with Crippen LogP contribution in [0, 0.1) is 0 Å². The van der Waals surface area contributed by atoms with Crippen LogP contribution in [0.15, 0.2) is 0 Å². The quantitative estimate of drug-likeness (QED) is 0.688. The largest absolute Gasteiger partial charge is 0.329 e. The van der Waals surface area contributed by atoms with Crippen molar-refractivity contribution in [2.45, 2.75) is 37.6 Å². The maximum absolute atomic E-state index is 5.88. The molecule has 0 radical (unpaired) electrons. The molecule has 0 aromatic rings. The van der Waals surface area contributed by atoms with Crippen molar-refractivity contribution in [2.75, 3.05) is 33.7 Å². The fraction of sp³-hybridized carbons (Fsp3) is 1.00. The molecule has 1 fully saturated rings. The van der Waals surface area contributed by atoms with Crippen LogP contribution in [0.5, 0.6) is 0 Å². The van der Waals surface area contributed by atoms with Crippen molar-refractivity contribution in [1.29, 1.82) is 0 Å². The monoisotopic (exact) mass is 199 g/mol. The highest BCUT2D eigenvalue weighted by molar-refractivity contribution is 4.91. The molecule has 0 aliphatic heterocycles. The topological polar surface area (TPSA) is 41.3 Å². The van der Waals surface area contributed by atoms with Gasteiger partial charge in [-0.1, -0.05) is 19.3 Å². The number of hydrogen-bond donors (Lipinski definition) is 2. The molecule has 0 aromatic heterocycles. The van der Waals surface area contributed by atoms with Gasteiger partial charge in [0.1, 0.15) is 0 Å². The predicted octanol–water partition coefficient (Wildman–Crippen LogP) is 0.799. The Balaban J connectivity index is 2.29. The van der Waals surface area contributed by atoms with Crippen LogP contribution in [0.3, 0.4) is 0 Å². The first-order valence-corrected chi connectivity index (χ1v) is 5.78. The second kappa shape index (κ2) is 5.69. The molecule has 0 heterocycles. The van der Waals surface area contributed by atoms with Gasteiger partial charge in [0, 0.05) is 25.2 Å². The van der Waals surface area contributed by atoms with Gasteiger partial charge in [-0.25, -0.2) is 0 Å². The lowest BCUT2D eigenvalue weighted by atomic mass is 9.82. The molecule has 3 N–H and O–H groups in total. The molecular weight excluding hydrogens is 174 g/mol. The number of likely N-dealkylation sites (N-methyl/N-ethyl adjacent to an activating group) is 1. The van der Waals surface area contributed by atoms with E-state index in [1.54, 1.807) is 0 Å². The lowest BCUT2D eigenvalue weighted by Crippen LogP contribution is -2.53. The van der Waals surface area contributed by atoms with Crippen LogP contribution < -0.4 is 11.1 Å². The van der Waals surface area contributed by atoms with Crippen LogP contribution in [0.2, 0.25) is 0 Å². The van der Waals surface area contributed by atoms with E-state index in [-0.39, 0.29) is 5.54 Å². The summed E-state index contributed by atoms with van der Waals surface area (Å²) in [6.45, 7) is 2.95. The molecule has 84 valence electrons. The maximum atomic E-state index is 5.88. The maximum Gasteiger partial charge on any atom is 0.0304 e. The van der Waals surface area contributed by atoms with E-state index in [1.165, 1.54) is 32.1 Å². The van der Waals surface area contributed by atoms with E-state index >= 15 is 0 Å². The van der Waals surface area contributed by atoms with E-state index in [2.05, 4.69) is 24.3 Å². The summed E-state index contributed by atoms with van der Waals surface area (Å²) in [6.07, 6.45) is 6.59. The van der Waals surface area contributed by atoms with Crippen LogP contribution >= 0.6 is 0 Å². The molecule has 0 atom stereocenters. The fourth-order valence-electron chi connectivity index (χ4n) is 2.23. The summed E-state index contributed by atoms with van der Waals surface area (Å²) in [5, 5.41) is 3.65. The molecule has 1 aliphatic carbocycles. The average Bonchev–Trinajstić information content (AvgIpc) is 2.19. The average molecular weight is 199 g/mol. The highest BCUT2D eigenvalue weighted by Crippen LogP contribution is 2.26. The van der Waals surface area contributed by atoms with Gasteiger partial charge in [-0.3, -0.25) is 0 Å². The van der Waals surface area contributed by atoms with Crippen molar-refractivity contribution < 1.29 is 0 Å². The lowest BCUT2D eigenvalue weighted by Gasteiger charge is -2.37. The summed E-state index contributed by atoms with van der Waals surface area (Å²) in [5.74, 6) is 0. The summed E-state index contributed by atoms with van der Waals surface area (Å²) in [7, 11) is 4.22. The second-order valence-electron chi connectivity index (χ2n) is 4.78. The third-order valence-corrected chi connectivity index (χ3v) is 3.26. The molecule has 3 heteroatoms. The molecule has 0 amide bonds. The Kier molecular flexibility index (Phi) is 4.85. The van der Waals surface area contributed by atoms with Crippen LogP contribution in [-0.4, -0.2) is 44.2 Å². The van der Waals surface area contributed by atoms with Crippen molar-refractivity contribution in [3.8, 4) is 0 Å². The SMILES string of the molecule is CN(C)CCNC1(CN)CCCCC1. The molecule has 1 rings (SSSR count). The van der Waals surface area contributed by atoms with Gasteiger partial charge >= 0.3 is 0 Å². The van der Waals surface area contributed by atoms with Crippen LogP contribution in [0.4, 0.5) is 0 Å². The van der Waals surface area contributed by atoms with Gasteiger partial charge in [-0.05, 0) is 26.9 Å². The van der Waals surface area contributed by atoms with E-state index in [9.17, 15) is 0 Å². The van der Waals surface area contributed by atoms with Crippen LogP contribution in [-0.2, 0) is 0 Å². The summed E-state index contributed by atoms with van der Waals surface area (Å²) >= 11 is 0. The Morgan fingerprint density at radius 2 is 1.86 bits per heavy atom. The summed E-state index contributed by atoms with van der Waals surface area (Å²) in [6, 6.07) is 0. The van der Waals surface area contributed by atoms with Gasteiger partial charge < -0.3 is 16.0 Å². The normalized spacial score (nSPS) is 21.4. The van der Waals surface area contributed by atoms with Crippen molar-refractivity contribution in [3.63, 3.8) is 0 Å². The van der Waals surface area contributed by atoms with Crippen molar-refractivity contribution >= 4 is 0 Å². The molecule has 1 saturated carbocycles. The molecule has 0 unspecified atom stereocenters. The lowest BCUT2D eigenvalue weighted by molar-refractivity contribution is 0.230. The van der Waals surface area contributed by atoms with E-state index in [0.29, 0.717) is 0 Å². The second-order valence-corrected chi connectivity index (χ2v) is 4.78. The van der Waals surface area contributed by atoms with Crippen molar-refractivity contribution in [2.24, 2.45) is 5.73 Å². The summed E-state index contributed by atoms with van der Waals surface area (Å²) < 4.78 is 0. The molecule has 0 spiro atoms. The van der Waals surface area contributed by atoms with E-state index < -0.39 is 0 Å². The molecular formula is C11H25N3. The van der Waals surface area contributed by atoms with Gasteiger partial charge in [0.25, 0.3) is 0 Å². The Labute approximate surface area is 88.0 Å². The minimum absolute atomic E-state index is 0.258. The van der Waals surface area contributed by atoms with Gasteiger partial charge in [-0.15, -0.1) is 0 Å². The highest BCUT2D eigenvalue weighted by atomic mass is 15.1. The zero-order valence-corrected chi connectivity index (χ0v) is 9.68. The van der Waals surface area contributed by atoms with Gasteiger partial charge in [0.15, 0.2) is 0 Å². The van der Waals surface area contributed by atoms with Gasteiger partial charge in [0.05, 0.1) is 0 Å². The number of nitrogens with zero attached hydrogens (tertiary/aromatic N) is 1. The Bertz CT molecular complexity index is 151. The number of nitrogens with two attached hydrogens (primary N) is 1. The third kappa shape index (κ3) is 3.56. The van der Waals surface area contributed by atoms with E-state index in [4.69, 9.17) is 5.73 Å². The van der Waals surface area contributed by atoms with Crippen LogP contribution in [0.1, 0.15) is 32.1 Å². The number of rotatable bonds is 5. The third-order valence-electron chi connectivity index (χ3n) is 3.26. The first-order valence-electron chi connectivity index (χ1n) is 5.78. The minimum Gasteiger partial charge on any atom is -0.329 e. The molecule has 0 bridgehead atoms. The van der Waals surface area contributed by atoms with Gasteiger partial charge in [-0.2, -0.15) is 0 Å². The molecule has 3 nitrogen and oxygen atoms in total. The standard InChI is InChI=1S/C11H25N3/c1-14(2)9-8-13-11(10-12)6-4-3-5-7-11/h13H,3-10,12H2,1-2H3. The molecule has 14 heavy (non-hydrogen) atoms. The van der Waals surface area contributed by atoms with E-state index in [1.807, 2.05) is 0 Å². The zero-order chi connectivity index (χ0) is 10.4. The first kappa shape index (κ1) is 12.0. The Morgan fingerprint density at radius 3 is 2.36 bits per heavy atom. The fourth-order valence-corrected chi connectivity index (χ4v) is 2.23. The van der Waals surface area contributed by atoms with Gasteiger partial charge in [0.2, 0.25) is 0 Å². The van der Waals surface area contributed by atoms with E-state index in [0.717, 1.165) is 19.6 Å². The summed E-state index contributed by atoms with van der Waals surface area (Å²) in [4.78, 5) is 2.21. The molecule has 1 aliphatic rings. The zero-order valence-electron chi connectivity index (χ0n) is 9.68. The highest BCUT2D eigenvalue weighted by Gasteiger charge is 2.29. The molecule has 0 aromatic carbocycles. The first-order chi connectivity index (χ1) is 6.68. The Morgan fingerprint density at radius 1 is 1.21 bits per heavy atom. The molecule has 0 saturated heterocycles. The number of hydrogen-bond acceptors (Lipinski definition) is 3. The number of nitrogens with one attached hydrogen (secondary N) is 1. The summed E-state index contributed by atoms with van der Waals surface area (Å²) in [5.41, 5.74) is 6.14. The Hall–Kier alpha value is -0.120. The van der Waals surface area contributed by atoms with Crippen molar-refractivity contribution in [3.05, 3.63) is 0 Å². The predicted molar refractivity (Wildman–Crippen MR) is 61.4 cm³/mol. The minimum atomic E-state index is 0.258.